The van der Waals surface area contributed by atoms with Crippen molar-refractivity contribution in [3.63, 3.8) is 0 Å². The van der Waals surface area contributed by atoms with E-state index in [1.54, 1.807) is 30.5 Å². The number of nitrogens with zero attached hydrogens (tertiary/aromatic N) is 1. The first-order chi connectivity index (χ1) is 15.0. The molecule has 2 aromatic carbocycles. The van der Waals surface area contributed by atoms with E-state index in [2.05, 4.69) is 20.9 Å². The third kappa shape index (κ3) is 7.12. The second-order valence-corrected chi connectivity index (χ2v) is 7.31. The average molecular weight is 415 g/mol. The number of para-hydroxylation sites is 1. The fraction of sp³-hybridized carbons (Fsp3) is 0.160. The highest BCUT2D eigenvalue weighted by molar-refractivity contribution is 6.01. The normalized spacial score (nSPS) is 10.1. The first-order valence-electron chi connectivity index (χ1n) is 10.1. The molecule has 0 radical (unpaired) electrons. The Morgan fingerprint density at radius 3 is 2.39 bits per heavy atom. The van der Waals surface area contributed by atoms with Crippen molar-refractivity contribution < 1.29 is 9.59 Å². The standard InChI is InChI=1S/C25H26N4O2/c1-18(2)15-25(31)29-21-10-6-7-19(16-21)23(30)13-14-26-22-11-12-24(27-17-22)28-20-8-4-3-5-9-20/h3-12,15-17,26H,13-14H2,1-2H3,(H,27,28)(H,29,31). The molecule has 0 saturated carbocycles. The SMILES string of the molecule is CC(C)=CC(=O)Nc1cccc(C(=O)CCNc2ccc(Nc3ccccc3)nc2)c1. The Hall–Kier alpha value is -3.93. The fourth-order valence-corrected chi connectivity index (χ4v) is 2.92. The highest BCUT2D eigenvalue weighted by Gasteiger charge is 2.08. The van der Waals surface area contributed by atoms with E-state index in [1.165, 1.54) is 6.08 Å². The predicted octanol–water partition coefficient (Wildman–Crippen LogP) is 5.41. The Bertz CT molecular complexity index is 1060. The second-order valence-electron chi connectivity index (χ2n) is 7.31. The van der Waals surface area contributed by atoms with Gasteiger partial charge in [0.1, 0.15) is 5.82 Å². The summed E-state index contributed by atoms with van der Waals surface area (Å²) in [6.45, 7) is 4.20. The summed E-state index contributed by atoms with van der Waals surface area (Å²) in [7, 11) is 0. The molecular formula is C25H26N4O2. The molecule has 0 aliphatic rings. The molecule has 6 nitrogen and oxygen atoms in total. The van der Waals surface area contributed by atoms with Crippen LogP contribution < -0.4 is 16.0 Å². The van der Waals surface area contributed by atoms with Crippen LogP contribution in [0, 0.1) is 0 Å². The molecule has 6 heteroatoms. The van der Waals surface area contributed by atoms with Crippen molar-refractivity contribution in [1.82, 2.24) is 4.98 Å². The van der Waals surface area contributed by atoms with Gasteiger partial charge < -0.3 is 16.0 Å². The summed E-state index contributed by atoms with van der Waals surface area (Å²) in [6.07, 6.45) is 3.58. The number of carbonyl (C=O) groups excluding carboxylic acids is 2. The number of carbonyl (C=O) groups is 2. The lowest BCUT2D eigenvalue weighted by molar-refractivity contribution is -0.111. The number of aromatic nitrogens is 1. The van der Waals surface area contributed by atoms with Crippen LogP contribution in [-0.4, -0.2) is 23.2 Å². The Balaban J connectivity index is 1.49. The average Bonchev–Trinajstić information content (AvgIpc) is 2.75. The molecule has 0 atom stereocenters. The van der Waals surface area contributed by atoms with Crippen molar-refractivity contribution in [1.29, 1.82) is 0 Å². The van der Waals surface area contributed by atoms with Gasteiger partial charge in [-0.2, -0.15) is 0 Å². The van der Waals surface area contributed by atoms with E-state index in [1.807, 2.05) is 56.3 Å². The molecule has 1 amide bonds. The molecule has 1 aromatic heterocycles. The molecule has 0 unspecified atom stereocenters. The number of allylic oxidation sites excluding steroid dienone is 1. The van der Waals surface area contributed by atoms with Crippen molar-refractivity contribution in [2.45, 2.75) is 20.3 Å². The van der Waals surface area contributed by atoms with Crippen LogP contribution in [-0.2, 0) is 4.79 Å². The van der Waals surface area contributed by atoms with Crippen LogP contribution in [0.2, 0.25) is 0 Å². The topological polar surface area (TPSA) is 83.1 Å². The lowest BCUT2D eigenvalue weighted by Crippen LogP contribution is -2.11. The highest BCUT2D eigenvalue weighted by Crippen LogP contribution is 2.16. The molecule has 0 aliphatic carbocycles. The number of pyridine rings is 1. The van der Waals surface area contributed by atoms with E-state index in [-0.39, 0.29) is 11.7 Å². The maximum atomic E-state index is 12.5. The number of hydrogen-bond donors (Lipinski definition) is 3. The summed E-state index contributed by atoms with van der Waals surface area (Å²) in [5.41, 5.74) is 3.90. The third-order valence-corrected chi connectivity index (χ3v) is 4.36. The molecule has 0 bridgehead atoms. The molecule has 0 spiro atoms. The number of nitrogens with one attached hydrogen (secondary N) is 3. The maximum absolute atomic E-state index is 12.5. The van der Waals surface area contributed by atoms with E-state index in [9.17, 15) is 9.59 Å². The van der Waals surface area contributed by atoms with Gasteiger partial charge in [0.05, 0.1) is 11.9 Å². The zero-order valence-corrected chi connectivity index (χ0v) is 17.7. The summed E-state index contributed by atoms with van der Waals surface area (Å²) in [4.78, 5) is 28.8. The van der Waals surface area contributed by atoms with Gasteiger partial charge in [-0.1, -0.05) is 35.9 Å². The second kappa shape index (κ2) is 10.7. The van der Waals surface area contributed by atoms with Crippen molar-refractivity contribution in [3.05, 3.63) is 90.1 Å². The van der Waals surface area contributed by atoms with Crippen LogP contribution in [0.25, 0.3) is 0 Å². The summed E-state index contributed by atoms with van der Waals surface area (Å²) in [5.74, 6) is 0.546. The van der Waals surface area contributed by atoms with Crippen molar-refractivity contribution in [2.75, 3.05) is 22.5 Å². The lowest BCUT2D eigenvalue weighted by Gasteiger charge is -2.09. The van der Waals surface area contributed by atoms with Gasteiger partial charge in [0.2, 0.25) is 5.91 Å². The van der Waals surface area contributed by atoms with Crippen molar-refractivity contribution in [2.24, 2.45) is 0 Å². The zero-order valence-electron chi connectivity index (χ0n) is 17.7. The minimum Gasteiger partial charge on any atom is -0.383 e. The number of amides is 1. The highest BCUT2D eigenvalue weighted by atomic mass is 16.1. The Morgan fingerprint density at radius 1 is 0.903 bits per heavy atom. The van der Waals surface area contributed by atoms with Gasteiger partial charge in [-0.15, -0.1) is 0 Å². The number of rotatable bonds is 9. The molecule has 158 valence electrons. The molecule has 3 rings (SSSR count). The molecule has 3 N–H and O–H groups in total. The van der Waals surface area contributed by atoms with Crippen LogP contribution >= 0.6 is 0 Å². The Kier molecular flexibility index (Phi) is 7.54. The molecule has 0 saturated heterocycles. The van der Waals surface area contributed by atoms with E-state index >= 15 is 0 Å². The first-order valence-corrected chi connectivity index (χ1v) is 10.1. The van der Waals surface area contributed by atoms with Crippen molar-refractivity contribution in [3.8, 4) is 0 Å². The van der Waals surface area contributed by atoms with E-state index in [0.717, 1.165) is 22.8 Å². The minimum atomic E-state index is -0.205. The van der Waals surface area contributed by atoms with Gasteiger partial charge in [-0.05, 0) is 50.2 Å². The molecule has 1 heterocycles. The van der Waals surface area contributed by atoms with E-state index in [4.69, 9.17) is 0 Å². The number of Topliss-reactive ketones (excluding diaryl/α,β-unsaturated/α-hetero) is 1. The van der Waals surface area contributed by atoms with Gasteiger partial charge in [-0.25, -0.2) is 4.98 Å². The summed E-state index contributed by atoms with van der Waals surface area (Å²) >= 11 is 0. The third-order valence-electron chi connectivity index (χ3n) is 4.36. The molecule has 0 fully saturated rings. The number of hydrogen-bond acceptors (Lipinski definition) is 5. The van der Waals surface area contributed by atoms with Gasteiger partial charge >= 0.3 is 0 Å². The van der Waals surface area contributed by atoms with Gasteiger partial charge in [0.15, 0.2) is 5.78 Å². The van der Waals surface area contributed by atoms with Crippen LogP contribution in [0.3, 0.4) is 0 Å². The first kappa shape index (κ1) is 21.8. The van der Waals surface area contributed by atoms with Crippen LogP contribution in [0.15, 0.2) is 84.6 Å². The maximum Gasteiger partial charge on any atom is 0.248 e. The van der Waals surface area contributed by atoms with Crippen LogP contribution in [0.4, 0.5) is 22.9 Å². The van der Waals surface area contributed by atoms with Crippen LogP contribution in [0.1, 0.15) is 30.6 Å². The molecule has 31 heavy (non-hydrogen) atoms. The Morgan fingerprint density at radius 2 is 1.68 bits per heavy atom. The number of ketones is 1. The minimum absolute atomic E-state index is 0.00105. The predicted molar refractivity (Wildman–Crippen MR) is 126 cm³/mol. The lowest BCUT2D eigenvalue weighted by atomic mass is 10.1. The summed E-state index contributed by atoms with van der Waals surface area (Å²) < 4.78 is 0. The largest absolute Gasteiger partial charge is 0.383 e. The van der Waals surface area contributed by atoms with E-state index in [0.29, 0.717) is 24.2 Å². The number of benzene rings is 2. The van der Waals surface area contributed by atoms with E-state index < -0.39 is 0 Å². The summed E-state index contributed by atoms with van der Waals surface area (Å²) in [6, 6.07) is 20.6. The van der Waals surface area contributed by atoms with Crippen LogP contribution in [0.5, 0.6) is 0 Å². The molecule has 0 aliphatic heterocycles. The smallest absolute Gasteiger partial charge is 0.248 e. The van der Waals surface area contributed by atoms with Gasteiger partial charge in [0.25, 0.3) is 0 Å². The summed E-state index contributed by atoms with van der Waals surface area (Å²) in [5, 5.41) is 9.22. The van der Waals surface area contributed by atoms with Gasteiger partial charge in [-0.3, -0.25) is 9.59 Å². The van der Waals surface area contributed by atoms with Gasteiger partial charge in [0, 0.05) is 36.0 Å². The quantitative estimate of drug-likeness (QED) is 0.322. The fourth-order valence-electron chi connectivity index (χ4n) is 2.92. The molecular weight excluding hydrogens is 388 g/mol. The Labute approximate surface area is 182 Å². The van der Waals surface area contributed by atoms with Crippen molar-refractivity contribution >= 4 is 34.6 Å². The zero-order chi connectivity index (χ0) is 22.1. The number of anilines is 4. The molecule has 3 aromatic rings. The monoisotopic (exact) mass is 414 g/mol.